The van der Waals surface area contributed by atoms with Gasteiger partial charge in [-0.05, 0) is 31.7 Å². The van der Waals surface area contributed by atoms with Gasteiger partial charge in [0, 0.05) is 5.69 Å². The molecular weight excluding hydrogens is 180 g/mol. The first-order valence-corrected chi connectivity index (χ1v) is 4.89. The molecule has 1 heterocycles. The third-order valence-electron chi connectivity index (χ3n) is 3.08. The lowest BCUT2D eigenvalue weighted by molar-refractivity contribution is -0.140. The molecule has 0 aliphatic heterocycles. The van der Waals surface area contributed by atoms with Crippen LogP contribution in [-0.4, -0.2) is 21.3 Å². The molecular formula is C10H14N2O2. The summed E-state index contributed by atoms with van der Waals surface area (Å²) in [6, 6.07) is 0. The van der Waals surface area contributed by atoms with E-state index in [1.807, 2.05) is 13.8 Å². The summed E-state index contributed by atoms with van der Waals surface area (Å²) in [5.74, 6) is -0.741. The van der Waals surface area contributed by atoms with Gasteiger partial charge in [-0.3, -0.25) is 9.89 Å². The first-order valence-electron chi connectivity index (χ1n) is 4.89. The number of hydrogen-bond donors (Lipinski definition) is 2. The molecule has 0 atom stereocenters. The van der Waals surface area contributed by atoms with Crippen molar-refractivity contribution in [3.05, 3.63) is 17.0 Å². The maximum atomic E-state index is 11.1. The Morgan fingerprint density at radius 2 is 2.29 bits per heavy atom. The van der Waals surface area contributed by atoms with Crippen LogP contribution in [0.1, 0.15) is 36.7 Å². The molecule has 2 rings (SSSR count). The molecule has 0 unspecified atom stereocenters. The Labute approximate surface area is 82.3 Å². The number of carboxylic acids is 1. The third kappa shape index (κ3) is 1.06. The average Bonchev–Trinajstić information content (AvgIpc) is 2.87. The highest BCUT2D eigenvalue weighted by atomic mass is 16.4. The van der Waals surface area contributed by atoms with Crippen molar-refractivity contribution in [2.45, 2.75) is 38.5 Å². The van der Waals surface area contributed by atoms with Gasteiger partial charge in [-0.15, -0.1) is 0 Å². The van der Waals surface area contributed by atoms with Crippen LogP contribution in [0.3, 0.4) is 0 Å². The first-order chi connectivity index (χ1) is 6.62. The Kier molecular flexibility index (Phi) is 1.87. The molecule has 1 aliphatic carbocycles. The molecule has 1 aliphatic rings. The lowest BCUT2D eigenvalue weighted by Crippen LogP contribution is -2.21. The van der Waals surface area contributed by atoms with Crippen LogP contribution in [0.2, 0.25) is 0 Å². The highest BCUT2D eigenvalue weighted by molar-refractivity contribution is 5.84. The number of rotatable bonds is 3. The van der Waals surface area contributed by atoms with Crippen molar-refractivity contribution in [3.8, 4) is 0 Å². The van der Waals surface area contributed by atoms with Crippen molar-refractivity contribution < 1.29 is 9.90 Å². The van der Waals surface area contributed by atoms with Gasteiger partial charge in [0.2, 0.25) is 0 Å². The lowest BCUT2D eigenvalue weighted by atomic mass is 9.98. The summed E-state index contributed by atoms with van der Waals surface area (Å²) in [5.41, 5.74) is 2.13. The Morgan fingerprint density at radius 1 is 1.64 bits per heavy atom. The summed E-state index contributed by atoms with van der Waals surface area (Å²) < 4.78 is 0. The van der Waals surface area contributed by atoms with Gasteiger partial charge in [-0.1, -0.05) is 6.92 Å². The number of carboxylic acid groups (broad SMARTS) is 1. The van der Waals surface area contributed by atoms with E-state index in [1.165, 1.54) is 0 Å². The Bertz CT molecular complexity index is 377. The van der Waals surface area contributed by atoms with E-state index in [-0.39, 0.29) is 0 Å². The number of carbonyl (C=O) groups is 1. The second-order valence-corrected chi connectivity index (χ2v) is 3.92. The summed E-state index contributed by atoms with van der Waals surface area (Å²) in [4.78, 5) is 11.1. The summed E-state index contributed by atoms with van der Waals surface area (Å²) in [6.45, 7) is 3.98. The second kappa shape index (κ2) is 2.83. The molecule has 0 amide bonds. The zero-order valence-electron chi connectivity index (χ0n) is 8.42. The molecule has 76 valence electrons. The van der Waals surface area contributed by atoms with Gasteiger partial charge >= 0.3 is 5.97 Å². The summed E-state index contributed by atoms with van der Waals surface area (Å²) in [6.07, 6.45) is 2.31. The smallest absolute Gasteiger partial charge is 0.315 e. The first kappa shape index (κ1) is 9.24. The van der Waals surface area contributed by atoms with E-state index in [2.05, 4.69) is 10.2 Å². The van der Waals surface area contributed by atoms with Crippen molar-refractivity contribution in [2.75, 3.05) is 0 Å². The van der Waals surface area contributed by atoms with Crippen LogP contribution in [0.4, 0.5) is 0 Å². The molecule has 1 aromatic rings. The van der Waals surface area contributed by atoms with Gasteiger partial charge in [-0.2, -0.15) is 5.10 Å². The molecule has 0 saturated heterocycles. The van der Waals surface area contributed by atoms with E-state index in [0.717, 1.165) is 36.2 Å². The predicted octanol–water partition coefficient (Wildman–Crippen LogP) is 1.40. The Morgan fingerprint density at radius 3 is 2.64 bits per heavy atom. The molecule has 4 nitrogen and oxygen atoms in total. The monoisotopic (exact) mass is 194 g/mol. The molecule has 0 radical (unpaired) electrons. The molecule has 0 bridgehead atoms. The van der Waals surface area contributed by atoms with Gasteiger partial charge in [0.25, 0.3) is 0 Å². The number of aromatic nitrogens is 2. The van der Waals surface area contributed by atoms with Crippen LogP contribution in [0, 0.1) is 6.92 Å². The van der Waals surface area contributed by atoms with Gasteiger partial charge in [0.05, 0.1) is 5.69 Å². The van der Waals surface area contributed by atoms with E-state index in [4.69, 9.17) is 5.11 Å². The Hall–Kier alpha value is -1.32. The fourth-order valence-electron chi connectivity index (χ4n) is 1.92. The van der Waals surface area contributed by atoms with E-state index >= 15 is 0 Å². The lowest BCUT2D eigenvalue weighted by Gasteiger charge is -2.06. The number of aromatic amines is 1. The van der Waals surface area contributed by atoms with Crippen LogP contribution >= 0.6 is 0 Å². The maximum Gasteiger partial charge on any atom is 0.315 e. The van der Waals surface area contributed by atoms with Crippen LogP contribution in [0.25, 0.3) is 0 Å². The second-order valence-electron chi connectivity index (χ2n) is 3.92. The van der Waals surface area contributed by atoms with E-state index in [0.29, 0.717) is 0 Å². The van der Waals surface area contributed by atoms with E-state index < -0.39 is 11.4 Å². The molecule has 2 N–H and O–H groups in total. The highest BCUT2D eigenvalue weighted by Gasteiger charge is 2.54. The van der Waals surface area contributed by atoms with Crippen LogP contribution in [0.5, 0.6) is 0 Å². The standard InChI is InChI=1S/C10H14N2O2/c1-3-7-6(2)8(12-11-7)10(4-5-10)9(13)14/h3-5H2,1-2H3,(H,11,12)(H,13,14). The quantitative estimate of drug-likeness (QED) is 0.764. The normalized spacial score (nSPS) is 18.1. The van der Waals surface area contributed by atoms with Crippen molar-refractivity contribution in [1.82, 2.24) is 10.2 Å². The number of nitrogens with zero attached hydrogens (tertiary/aromatic N) is 1. The topological polar surface area (TPSA) is 66.0 Å². The largest absolute Gasteiger partial charge is 0.481 e. The van der Waals surface area contributed by atoms with Crippen molar-refractivity contribution >= 4 is 5.97 Å². The maximum absolute atomic E-state index is 11.1. The molecule has 0 aromatic carbocycles. The fourth-order valence-corrected chi connectivity index (χ4v) is 1.92. The summed E-state index contributed by atoms with van der Waals surface area (Å²) in [7, 11) is 0. The minimum atomic E-state index is -0.741. The van der Waals surface area contributed by atoms with Crippen LogP contribution in [0.15, 0.2) is 0 Å². The SMILES string of the molecule is CCc1[nH]nc(C2(C(=O)O)CC2)c1C. The number of aryl methyl sites for hydroxylation is 1. The highest BCUT2D eigenvalue weighted by Crippen LogP contribution is 2.48. The van der Waals surface area contributed by atoms with Crippen molar-refractivity contribution in [1.29, 1.82) is 0 Å². The van der Waals surface area contributed by atoms with Gasteiger partial charge in [-0.25, -0.2) is 0 Å². The number of nitrogens with one attached hydrogen (secondary N) is 1. The van der Waals surface area contributed by atoms with Crippen LogP contribution < -0.4 is 0 Å². The number of hydrogen-bond acceptors (Lipinski definition) is 2. The minimum absolute atomic E-state index is 0.673. The van der Waals surface area contributed by atoms with Crippen molar-refractivity contribution in [2.24, 2.45) is 0 Å². The zero-order chi connectivity index (χ0) is 10.3. The van der Waals surface area contributed by atoms with Gasteiger partial charge in [0.15, 0.2) is 0 Å². The molecule has 1 aromatic heterocycles. The Balaban J connectivity index is 2.42. The van der Waals surface area contributed by atoms with Gasteiger partial charge in [0.1, 0.15) is 5.41 Å². The van der Waals surface area contributed by atoms with Crippen LogP contribution in [-0.2, 0) is 16.6 Å². The average molecular weight is 194 g/mol. The summed E-state index contributed by atoms with van der Waals surface area (Å²) in [5, 5.41) is 16.2. The molecule has 1 saturated carbocycles. The van der Waals surface area contributed by atoms with Crippen molar-refractivity contribution in [3.63, 3.8) is 0 Å². The third-order valence-corrected chi connectivity index (χ3v) is 3.08. The molecule has 1 fully saturated rings. The minimum Gasteiger partial charge on any atom is -0.481 e. The molecule has 0 spiro atoms. The number of H-pyrrole nitrogens is 1. The van der Waals surface area contributed by atoms with E-state index in [1.54, 1.807) is 0 Å². The van der Waals surface area contributed by atoms with Gasteiger partial charge < -0.3 is 5.11 Å². The summed E-state index contributed by atoms with van der Waals surface area (Å²) >= 11 is 0. The zero-order valence-corrected chi connectivity index (χ0v) is 8.42. The predicted molar refractivity (Wildman–Crippen MR) is 51.3 cm³/mol. The fraction of sp³-hybridized carbons (Fsp3) is 0.600. The molecule has 4 heteroatoms. The number of aliphatic carboxylic acids is 1. The van der Waals surface area contributed by atoms with E-state index in [9.17, 15) is 4.79 Å². The molecule has 14 heavy (non-hydrogen) atoms.